The topological polar surface area (TPSA) is 0 Å². The zero-order chi connectivity index (χ0) is 16.4. The van der Waals surface area contributed by atoms with Crippen molar-refractivity contribution in [3.8, 4) is 0 Å². The van der Waals surface area contributed by atoms with Crippen LogP contribution in [-0.2, 0) is 0 Å². The van der Waals surface area contributed by atoms with E-state index in [9.17, 15) is 39.5 Å². The van der Waals surface area contributed by atoms with Gasteiger partial charge < -0.3 is 0 Å². The highest BCUT2D eigenvalue weighted by Gasteiger charge is 3.01. The summed E-state index contributed by atoms with van der Waals surface area (Å²) in [5.74, 6) is -27.7. The van der Waals surface area contributed by atoms with Crippen LogP contribution in [-0.4, -0.2) is 33.3 Å². The summed E-state index contributed by atoms with van der Waals surface area (Å²) in [4.78, 5) is 0. The van der Waals surface area contributed by atoms with Gasteiger partial charge in [0.1, 0.15) is 0 Å². The summed E-state index contributed by atoms with van der Waals surface area (Å²) in [5, 5.41) is 0. The van der Waals surface area contributed by atoms with Crippen molar-refractivity contribution in [1.82, 2.24) is 0 Å². The van der Waals surface area contributed by atoms with Crippen molar-refractivity contribution in [3.05, 3.63) is 0 Å². The summed E-state index contributed by atoms with van der Waals surface area (Å²) < 4.78 is 119. The van der Waals surface area contributed by atoms with Crippen LogP contribution in [0.2, 0.25) is 0 Å². The van der Waals surface area contributed by atoms with Crippen molar-refractivity contribution >= 4 is 22.6 Å². The van der Waals surface area contributed by atoms with Gasteiger partial charge in [-0.05, 0) is 6.42 Å². The molecule has 0 radical (unpaired) electrons. The molecule has 2 unspecified atom stereocenters. The molecule has 0 saturated heterocycles. The summed E-state index contributed by atoms with van der Waals surface area (Å²) in [7, 11) is 0. The lowest BCUT2D eigenvalue weighted by atomic mass is 9.81. The van der Waals surface area contributed by atoms with E-state index in [0.717, 1.165) is 0 Å². The Kier molecular flexibility index (Phi) is 4.13. The van der Waals surface area contributed by atoms with Gasteiger partial charge in [0.05, 0.1) is 0 Å². The summed E-state index contributed by atoms with van der Waals surface area (Å²) in [5.41, 5.74) is -5.34. The van der Waals surface area contributed by atoms with Crippen LogP contribution in [0.1, 0.15) is 20.3 Å². The van der Waals surface area contributed by atoms with Gasteiger partial charge in [-0.25, -0.2) is 4.39 Å². The van der Waals surface area contributed by atoms with Crippen molar-refractivity contribution in [2.24, 2.45) is 5.92 Å². The molecule has 20 heavy (non-hydrogen) atoms. The fourth-order valence-corrected chi connectivity index (χ4v) is 2.72. The van der Waals surface area contributed by atoms with E-state index in [0.29, 0.717) is 6.92 Å². The minimum Gasteiger partial charge on any atom is -0.230 e. The van der Waals surface area contributed by atoms with E-state index in [1.165, 1.54) is 29.5 Å². The van der Waals surface area contributed by atoms with Crippen molar-refractivity contribution in [3.63, 3.8) is 0 Å². The molecule has 0 aromatic rings. The first-order valence-electron chi connectivity index (χ1n) is 5.48. The quantitative estimate of drug-likeness (QED) is 0.334. The molecule has 1 saturated carbocycles. The SMILES string of the molecule is CCC(I)C(C)C1(F)C(F)(F)C(F)(F)C(F)(F)C1(F)F. The van der Waals surface area contributed by atoms with Crippen LogP contribution in [0, 0.1) is 5.92 Å². The highest BCUT2D eigenvalue weighted by Crippen LogP contribution is 2.71. The molecular formula is C10H10F9I. The maximum absolute atomic E-state index is 14.2. The van der Waals surface area contributed by atoms with Gasteiger partial charge in [-0.1, -0.05) is 36.4 Å². The van der Waals surface area contributed by atoms with Gasteiger partial charge in [-0.2, -0.15) is 35.1 Å². The molecule has 1 fully saturated rings. The first-order chi connectivity index (χ1) is 8.64. The Morgan fingerprint density at radius 1 is 0.750 bits per heavy atom. The molecule has 1 rings (SSSR count). The minimum absolute atomic E-state index is 0.128. The molecule has 1 aliphatic carbocycles. The van der Waals surface area contributed by atoms with E-state index < -0.39 is 39.2 Å². The average molecular weight is 428 g/mol. The lowest BCUT2D eigenvalue weighted by molar-refractivity contribution is -0.303. The molecule has 0 amide bonds. The Balaban J connectivity index is 3.60. The molecule has 0 N–H and O–H groups in total. The van der Waals surface area contributed by atoms with E-state index >= 15 is 0 Å². The Bertz CT molecular complexity index is 366. The molecule has 0 spiro atoms. The zero-order valence-corrected chi connectivity index (χ0v) is 12.3. The third-order valence-electron chi connectivity index (χ3n) is 3.66. The summed E-state index contributed by atoms with van der Waals surface area (Å²) in [6.45, 7) is 1.80. The molecule has 2 atom stereocenters. The minimum atomic E-state index is -6.48. The van der Waals surface area contributed by atoms with Gasteiger partial charge in [0.15, 0.2) is 0 Å². The van der Waals surface area contributed by atoms with Crippen molar-refractivity contribution in [1.29, 1.82) is 0 Å². The zero-order valence-electron chi connectivity index (χ0n) is 10.1. The van der Waals surface area contributed by atoms with Crippen molar-refractivity contribution in [2.45, 2.75) is 53.6 Å². The fraction of sp³-hybridized carbons (Fsp3) is 1.00. The predicted molar refractivity (Wildman–Crippen MR) is 60.9 cm³/mol. The van der Waals surface area contributed by atoms with Gasteiger partial charge in [0.25, 0.3) is 5.67 Å². The highest BCUT2D eigenvalue weighted by molar-refractivity contribution is 14.1. The third-order valence-corrected chi connectivity index (χ3v) is 5.62. The Labute approximate surface area is 122 Å². The highest BCUT2D eigenvalue weighted by atomic mass is 127. The Morgan fingerprint density at radius 2 is 1.05 bits per heavy atom. The smallest absolute Gasteiger partial charge is 0.230 e. The lowest BCUT2D eigenvalue weighted by Gasteiger charge is -2.37. The van der Waals surface area contributed by atoms with Gasteiger partial charge in [-0.15, -0.1) is 0 Å². The van der Waals surface area contributed by atoms with E-state index in [1.807, 2.05) is 0 Å². The summed E-state index contributed by atoms with van der Waals surface area (Å²) in [6.07, 6.45) is -0.128. The second-order valence-electron chi connectivity index (χ2n) is 4.72. The van der Waals surface area contributed by atoms with Gasteiger partial charge in [0, 0.05) is 9.84 Å². The van der Waals surface area contributed by atoms with Crippen LogP contribution in [0.5, 0.6) is 0 Å². The largest absolute Gasteiger partial charge is 0.381 e. The third kappa shape index (κ3) is 1.62. The molecule has 0 aromatic heterocycles. The van der Waals surface area contributed by atoms with Crippen LogP contribution in [0.25, 0.3) is 0 Å². The maximum Gasteiger partial charge on any atom is 0.381 e. The maximum atomic E-state index is 14.2. The van der Waals surface area contributed by atoms with Crippen molar-refractivity contribution in [2.75, 3.05) is 0 Å². The molecule has 0 aromatic carbocycles. The number of halogens is 10. The second-order valence-corrected chi connectivity index (χ2v) is 6.32. The monoisotopic (exact) mass is 428 g/mol. The normalized spacial score (nSPS) is 31.8. The number of hydrogen-bond acceptors (Lipinski definition) is 0. The molecule has 0 heterocycles. The number of rotatable bonds is 3. The van der Waals surface area contributed by atoms with Crippen LogP contribution in [0.15, 0.2) is 0 Å². The van der Waals surface area contributed by atoms with E-state index in [4.69, 9.17) is 0 Å². The predicted octanol–water partition coefficient (Wildman–Crippen LogP) is 5.10. The van der Waals surface area contributed by atoms with Crippen LogP contribution in [0.3, 0.4) is 0 Å². The number of hydrogen-bond donors (Lipinski definition) is 0. The van der Waals surface area contributed by atoms with Gasteiger partial charge >= 0.3 is 23.7 Å². The first-order valence-corrected chi connectivity index (χ1v) is 6.73. The summed E-state index contributed by atoms with van der Waals surface area (Å²) in [6, 6.07) is 0. The molecule has 10 heteroatoms. The summed E-state index contributed by atoms with van der Waals surface area (Å²) >= 11 is 1.29. The first kappa shape index (κ1) is 18.1. The van der Waals surface area contributed by atoms with Crippen LogP contribution in [0.4, 0.5) is 39.5 Å². The van der Waals surface area contributed by atoms with Gasteiger partial charge in [0.2, 0.25) is 0 Å². The standard InChI is InChI=1S/C10H10F9I/c1-3-5(20)4(2)6(11)7(12,13)9(16,17)10(18,19)8(6,14)15/h4-5H,3H2,1-2H3. The Morgan fingerprint density at radius 3 is 1.30 bits per heavy atom. The van der Waals surface area contributed by atoms with Crippen molar-refractivity contribution < 1.29 is 39.5 Å². The average Bonchev–Trinajstić information content (AvgIpc) is 2.38. The van der Waals surface area contributed by atoms with Crippen LogP contribution >= 0.6 is 22.6 Å². The number of alkyl halides is 10. The molecule has 0 aliphatic heterocycles. The molecule has 0 bridgehead atoms. The fourth-order valence-electron chi connectivity index (χ4n) is 2.22. The molecule has 120 valence electrons. The second kappa shape index (κ2) is 4.55. The van der Waals surface area contributed by atoms with E-state index in [1.54, 1.807) is 0 Å². The van der Waals surface area contributed by atoms with Gasteiger partial charge in [-0.3, -0.25) is 0 Å². The molecule has 1 aliphatic rings. The Hall–Kier alpha value is 0.1000. The molecular weight excluding hydrogens is 418 g/mol. The van der Waals surface area contributed by atoms with Crippen LogP contribution < -0.4 is 0 Å². The lowest BCUT2D eigenvalue weighted by Crippen LogP contribution is -2.60. The molecule has 0 nitrogen and oxygen atoms in total. The van der Waals surface area contributed by atoms with E-state index in [2.05, 4.69) is 0 Å². The van der Waals surface area contributed by atoms with E-state index in [-0.39, 0.29) is 6.42 Å².